The van der Waals surface area contributed by atoms with E-state index in [1.165, 1.54) is 11.0 Å². The van der Waals surface area contributed by atoms with Gasteiger partial charge in [0.1, 0.15) is 12.1 Å². The van der Waals surface area contributed by atoms with Crippen LogP contribution in [0.5, 0.6) is 0 Å². The average molecular weight is 619 g/mol. The van der Waals surface area contributed by atoms with Crippen molar-refractivity contribution in [2.45, 2.75) is 91.9 Å². The standard InChI is InChI=1S/C31H50N6O7/c1-9-13-20(23(38)26(40)32-15-10-2)33-25(39)21-14-11-17-37(21)27(41)24(31(6,7)8)35-28(42)34-22(30(3,4)5)19-36-16-12-18-44-29(36)43/h10-11,14,20-22,24H,2,9,12-13,15-19H2,1,3-8H3,(H,32,40)(H,33,39)(H2,34,35,42)/t20?,21-,22+,24+/m0/s1. The van der Waals surface area contributed by atoms with Gasteiger partial charge in [-0.05, 0) is 23.7 Å². The van der Waals surface area contributed by atoms with Crippen molar-refractivity contribution in [2.75, 3.05) is 32.8 Å². The van der Waals surface area contributed by atoms with Crippen molar-refractivity contribution >= 4 is 35.6 Å². The van der Waals surface area contributed by atoms with Gasteiger partial charge in [-0.3, -0.25) is 19.2 Å². The molecule has 0 spiro atoms. The van der Waals surface area contributed by atoms with Gasteiger partial charge >= 0.3 is 12.1 Å². The molecule has 44 heavy (non-hydrogen) atoms. The maximum Gasteiger partial charge on any atom is 0.409 e. The first-order valence-corrected chi connectivity index (χ1v) is 15.2. The molecule has 2 aliphatic heterocycles. The highest BCUT2D eigenvalue weighted by Crippen LogP contribution is 2.25. The van der Waals surface area contributed by atoms with Gasteiger partial charge in [-0.15, -0.1) is 6.58 Å². The molecule has 4 atom stereocenters. The molecule has 6 amide bonds. The molecule has 0 aromatic carbocycles. The molecule has 2 aliphatic rings. The molecule has 0 radical (unpaired) electrons. The van der Waals surface area contributed by atoms with Crippen LogP contribution in [0.3, 0.4) is 0 Å². The van der Waals surface area contributed by atoms with E-state index in [2.05, 4.69) is 27.8 Å². The molecule has 13 nitrogen and oxygen atoms in total. The predicted octanol–water partition coefficient (Wildman–Crippen LogP) is 1.88. The highest BCUT2D eigenvalue weighted by Gasteiger charge is 2.42. The summed E-state index contributed by atoms with van der Waals surface area (Å²) in [6, 6.07) is -4.15. The third-order valence-electron chi connectivity index (χ3n) is 7.55. The van der Waals surface area contributed by atoms with Crippen LogP contribution >= 0.6 is 0 Å². The van der Waals surface area contributed by atoms with Crippen LogP contribution < -0.4 is 21.3 Å². The van der Waals surface area contributed by atoms with Crippen molar-refractivity contribution in [1.29, 1.82) is 0 Å². The van der Waals surface area contributed by atoms with Gasteiger partial charge in [-0.25, -0.2) is 9.59 Å². The van der Waals surface area contributed by atoms with Crippen molar-refractivity contribution in [2.24, 2.45) is 10.8 Å². The lowest BCUT2D eigenvalue weighted by atomic mass is 9.85. The first kappa shape index (κ1) is 36.3. The summed E-state index contributed by atoms with van der Waals surface area (Å²) >= 11 is 0. The van der Waals surface area contributed by atoms with Crippen LogP contribution in [-0.2, 0) is 23.9 Å². The highest BCUT2D eigenvalue weighted by atomic mass is 16.6. The number of urea groups is 1. The molecule has 1 fully saturated rings. The summed E-state index contributed by atoms with van der Waals surface area (Å²) in [4.78, 5) is 80.7. The molecule has 1 saturated heterocycles. The molecular formula is C31H50N6O7. The monoisotopic (exact) mass is 618 g/mol. The van der Waals surface area contributed by atoms with Crippen molar-refractivity contribution in [1.82, 2.24) is 31.1 Å². The topological polar surface area (TPSA) is 166 Å². The SMILES string of the molecule is C=CCNC(=O)C(=O)C(CCC)NC(=O)[C@@H]1C=CCN1C(=O)[C@@H](NC(=O)N[C@H](CN1CCCOC1=O)C(C)(C)C)C(C)(C)C. The Balaban J connectivity index is 2.17. The number of hydrogen-bond acceptors (Lipinski definition) is 7. The number of carbonyl (C=O) groups is 6. The zero-order chi connectivity index (χ0) is 33.2. The lowest BCUT2D eigenvalue weighted by molar-refractivity contribution is -0.143. The normalized spacial score (nSPS) is 18.9. The number of hydrogen-bond donors (Lipinski definition) is 4. The molecule has 246 valence electrons. The number of ether oxygens (including phenoxy) is 1. The van der Waals surface area contributed by atoms with E-state index in [1.807, 2.05) is 27.7 Å². The second-order valence-corrected chi connectivity index (χ2v) is 13.3. The number of Topliss-reactive ketones (excluding diaryl/α,β-unsaturated/α-hetero) is 1. The van der Waals surface area contributed by atoms with Gasteiger partial charge in [-0.1, -0.05) is 73.1 Å². The highest BCUT2D eigenvalue weighted by molar-refractivity contribution is 6.38. The molecule has 2 heterocycles. The fraction of sp³-hybridized carbons (Fsp3) is 0.677. The molecule has 0 bridgehead atoms. The summed E-state index contributed by atoms with van der Waals surface area (Å²) in [5.74, 6) is -2.69. The van der Waals surface area contributed by atoms with Gasteiger partial charge in [0.25, 0.3) is 5.91 Å². The minimum absolute atomic E-state index is 0.112. The summed E-state index contributed by atoms with van der Waals surface area (Å²) in [7, 11) is 0. The Morgan fingerprint density at radius 3 is 2.32 bits per heavy atom. The summed E-state index contributed by atoms with van der Waals surface area (Å²) in [6.07, 6.45) is 5.72. The van der Waals surface area contributed by atoms with Crippen LogP contribution in [-0.4, -0.2) is 102 Å². The predicted molar refractivity (Wildman–Crippen MR) is 165 cm³/mol. The Morgan fingerprint density at radius 2 is 1.75 bits per heavy atom. The van der Waals surface area contributed by atoms with Crippen LogP contribution in [0.1, 0.15) is 67.7 Å². The van der Waals surface area contributed by atoms with Gasteiger partial charge in [0.2, 0.25) is 17.6 Å². The molecule has 0 aliphatic carbocycles. The zero-order valence-corrected chi connectivity index (χ0v) is 27.2. The molecule has 2 rings (SSSR count). The van der Waals surface area contributed by atoms with E-state index in [4.69, 9.17) is 4.74 Å². The first-order valence-electron chi connectivity index (χ1n) is 15.2. The van der Waals surface area contributed by atoms with E-state index in [9.17, 15) is 28.8 Å². The van der Waals surface area contributed by atoms with E-state index in [-0.39, 0.29) is 26.1 Å². The Hall–Kier alpha value is -3.90. The van der Waals surface area contributed by atoms with E-state index >= 15 is 0 Å². The van der Waals surface area contributed by atoms with Gasteiger partial charge < -0.3 is 35.8 Å². The quantitative estimate of drug-likeness (QED) is 0.181. The Morgan fingerprint density at radius 1 is 1.07 bits per heavy atom. The van der Waals surface area contributed by atoms with Gasteiger partial charge in [0.05, 0.1) is 18.7 Å². The second-order valence-electron chi connectivity index (χ2n) is 13.3. The van der Waals surface area contributed by atoms with E-state index in [0.717, 1.165) is 0 Å². The fourth-order valence-electron chi connectivity index (χ4n) is 4.87. The molecule has 0 saturated carbocycles. The Bertz CT molecular complexity index is 1120. The summed E-state index contributed by atoms with van der Waals surface area (Å²) in [5.41, 5.74) is -1.16. The first-order chi connectivity index (χ1) is 20.5. The second kappa shape index (κ2) is 15.7. The minimum Gasteiger partial charge on any atom is -0.449 e. The lowest BCUT2D eigenvalue weighted by Gasteiger charge is -2.38. The molecule has 4 N–H and O–H groups in total. The van der Waals surface area contributed by atoms with Crippen molar-refractivity contribution < 1.29 is 33.5 Å². The Labute approximate surface area is 260 Å². The molecule has 0 aromatic heterocycles. The van der Waals surface area contributed by atoms with Crippen LogP contribution in [0.25, 0.3) is 0 Å². The van der Waals surface area contributed by atoms with Crippen molar-refractivity contribution in [3.05, 3.63) is 24.8 Å². The number of amides is 6. The van der Waals surface area contributed by atoms with Crippen LogP contribution in [0.15, 0.2) is 24.8 Å². The number of carbonyl (C=O) groups excluding carboxylic acids is 6. The van der Waals surface area contributed by atoms with Crippen LogP contribution in [0.4, 0.5) is 9.59 Å². The van der Waals surface area contributed by atoms with Gasteiger partial charge in [-0.2, -0.15) is 0 Å². The van der Waals surface area contributed by atoms with Crippen molar-refractivity contribution in [3.8, 4) is 0 Å². The van der Waals surface area contributed by atoms with E-state index in [1.54, 1.807) is 37.8 Å². The molecule has 0 aromatic rings. The van der Waals surface area contributed by atoms with Gasteiger partial charge in [0.15, 0.2) is 0 Å². The zero-order valence-electron chi connectivity index (χ0n) is 27.2. The smallest absolute Gasteiger partial charge is 0.409 e. The summed E-state index contributed by atoms with van der Waals surface area (Å²) < 4.78 is 5.14. The Kier molecular flexibility index (Phi) is 13.0. The third kappa shape index (κ3) is 10.1. The van der Waals surface area contributed by atoms with E-state index < -0.39 is 70.6 Å². The molecule has 13 heteroatoms. The van der Waals surface area contributed by atoms with Gasteiger partial charge in [0, 0.05) is 26.2 Å². The summed E-state index contributed by atoms with van der Waals surface area (Å²) in [6.45, 7) is 17.9. The number of nitrogens with zero attached hydrogens (tertiary/aromatic N) is 2. The number of cyclic esters (lactones) is 1. The molecular weight excluding hydrogens is 568 g/mol. The maximum absolute atomic E-state index is 13.9. The lowest BCUT2D eigenvalue weighted by Crippen LogP contribution is -2.62. The maximum atomic E-state index is 13.9. The van der Waals surface area contributed by atoms with Crippen LogP contribution in [0, 0.1) is 10.8 Å². The fourth-order valence-corrected chi connectivity index (χ4v) is 4.87. The average Bonchev–Trinajstić information content (AvgIpc) is 3.43. The van der Waals surface area contributed by atoms with E-state index in [0.29, 0.717) is 26.0 Å². The van der Waals surface area contributed by atoms with Crippen molar-refractivity contribution in [3.63, 3.8) is 0 Å². The number of nitrogens with one attached hydrogen (secondary N) is 4. The minimum atomic E-state index is -1.06. The number of rotatable bonds is 13. The summed E-state index contributed by atoms with van der Waals surface area (Å²) in [5, 5.41) is 10.8. The van der Waals surface area contributed by atoms with Crippen LogP contribution in [0.2, 0.25) is 0 Å². The number of ketones is 1. The largest absolute Gasteiger partial charge is 0.449 e. The molecule has 1 unspecified atom stereocenters. The third-order valence-corrected chi connectivity index (χ3v) is 7.55.